The van der Waals surface area contributed by atoms with Crippen molar-refractivity contribution in [2.24, 2.45) is 0 Å². The van der Waals surface area contributed by atoms with Crippen molar-refractivity contribution in [1.82, 2.24) is 0 Å². The van der Waals surface area contributed by atoms with Crippen LogP contribution in [0.5, 0.6) is 0 Å². The van der Waals surface area contributed by atoms with E-state index in [9.17, 15) is 0 Å². The Morgan fingerprint density at radius 1 is 0.341 bits per heavy atom. The molecule has 0 saturated heterocycles. The maximum Gasteiger partial charge on any atom is 0.0555 e. The summed E-state index contributed by atoms with van der Waals surface area (Å²) in [5.74, 6) is 0. The molecule has 0 N–H and O–H groups in total. The van der Waals surface area contributed by atoms with E-state index in [0.717, 1.165) is 11.4 Å². The average Bonchev–Trinajstić information content (AvgIpc) is 3.49. The number of benzene rings is 7. The summed E-state index contributed by atoms with van der Waals surface area (Å²) in [6.07, 6.45) is 0. The maximum atomic E-state index is 2.44. The van der Waals surface area contributed by atoms with E-state index in [4.69, 9.17) is 0 Å². The van der Waals surface area contributed by atoms with Crippen LogP contribution in [0, 0.1) is 0 Å². The summed E-state index contributed by atoms with van der Waals surface area (Å²) in [5.41, 5.74) is 10.7. The zero-order valence-electron chi connectivity index (χ0n) is 24.1. The van der Waals surface area contributed by atoms with Gasteiger partial charge in [0.05, 0.1) is 11.4 Å². The fraction of sp³-hybridized carbons (Fsp3) is 0. The molecule has 0 radical (unpaired) electrons. The largest absolute Gasteiger partial charge is 0.309 e. The molecule has 2 heteroatoms. The van der Waals surface area contributed by atoms with Crippen molar-refractivity contribution >= 4 is 48.6 Å². The number of rotatable bonds is 6. The SMILES string of the molecule is c1ccc(-c2ccccc2-c2ccccc2-c2ccccc2N(c2ccccc2)c2cccc3sc4ccccc4c23)cc1. The van der Waals surface area contributed by atoms with E-state index in [1.807, 2.05) is 11.3 Å². The minimum absolute atomic E-state index is 1.13. The minimum Gasteiger partial charge on any atom is -0.309 e. The molecule has 7 aromatic carbocycles. The first kappa shape index (κ1) is 26.2. The molecule has 0 amide bonds. The summed E-state index contributed by atoms with van der Waals surface area (Å²) in [5, 5.41) is 2.58. The third kappa shape index (κ3) is 4.57. The standard InChI is InChI=1S/C42H29NS/c1-3-16-30(17-4-1)32-20-7-8-21-33(32)34-22-9-10-23-35(34)36-24-11-13-26-38(36)43(31-18-5-2-6-19-31)39-27-15-29-41-42(39)37-25-12-14-28-40(37)44-41/h1-29H. The van der Waals surface area contributed by atoms with Gasteiger partial charge in [0.2, 0.25) is 0 Å². The second-order valence-corrected chi connectivity index (χ2v) is 12.0. The molecule has 0 aliphatic heterocycles. The van der Waals surface area contributed by atoms with Crippen LogP contribution < -0.4 is 4.90 Å². The molecule has 0 aliphatic carbocycles. The Labute approximate surface area is 261 Å². The van der Waals surface area contributed by atoms with E-state index in [0.29, 0.717) is 0 Å². The van der Waals surface area contributed by atoms with Gasteiger partial charge in [-0.2, -0.15) is 0 Å². The highest BCUT2D eigenvalue weighted by Crippen LogP contribution is 2.48. The molecular weight excluding hydrogens is 551 g/mol. The van der Waals surface area contributed by atoms with Gasteiger partial charge >= 0.3 is 0 Å². The zero-order valence-corrected chi connectivity index (χ0v) is 24.9. The van der Waals surface area contributed by atoms with Gasteiger partial charge in [0.1, 0.15) is 0 Å². The van der Waals surface area contributed by atoms with Crippen molar-refractivity contribution in [2.45, 2.75) is 0 Å². The van der Waals surface area contributed by atoms with Crippen LogP contribution >= 0.6 is 11.3 Å². The predicted molar refractivity (Wildman–Crippen MR) is 190 cm³/mol. The van der Waals surface area contributed by atoms with Crippen LogP contribution in [0.2, 0.25) is 0 Å². The highest BCUT2D eigenvalue weighted by atomic mass is 32.1. The van der Waals surface area contributed by atoms with Gasteiger partial charge < -0.3 is 4.90 Å². The van der Waals surface area contributed by atoms with Gasteiger partial charge in [0.15, 0.2) is 0 Å². The lowest BCUT2D eigenvalue weighted by Crippen LogP contribution is -2.11. The van der Waals surface area contributed by atoms with Crippen molar-refractivity contribution in [3.8, 4) is 33.4 Å². The molecule has 8 aromatic rings. The Morgan fingerprint density at radius 3 is 1.59 bits per heavy atom. The third-order valence-electron chi connectivity index (χ3n) is 8.30. The molecule has 0 spiro atoms. The van der Waals surface area contributed by atoms with Crippen molar-refractivity contribution in [3.05, 3.63) is 176 Å². The fourth-order valence-corrected chi connectivity index (χ4v) is 7.49. The number of thiophene rings is 1. The lowest BCUT2D eigenvalue weighted by atomic mass is 9.88. The van der Waals surface area contributed by atoms with Gasteiger partial charge in [-0.25, -0.2) is 0 Å². The van der Waals surface area contributed by atoms with Gasteiger partial charge in [-0.3, -0.25) is 0 Å². The van der Waals surface area contributed by atoms with Crippen LogP contribution in [-0.2, 0) is 0 Å². The number of para-hydroxylation sites is 2. The molecule has 0 unspecified atom stereocenters. The van der Waals surface area contributed by atoms with Gasteiger partial charge in [0.25, 0.3) is 0 Å². The van der Waals surface area contributed by atoms with Gasteiger partial charge in [-0.15, -0.1) is 11.3 Å². The molecule has 0 aliphatic rings. The second-order valence-electron chi connectivity index (χ2n) is 10.9. The molecule has 1 heterocycles. The Morgan fingerprint density at radius 2 is 0.841 bits per heavy atom. The highest BCUT2D eigenvalue weighted by Gasteiger charge is 2.22. The second kappa shape index (κ2) is 11.3. The summed E-state index contributed by atoms with van der Waals surface area (Å²) in [4.78, 5) is 2.44. The average molecular weight is 580 g/mol. The van der Waals surface area contributed by atoms with E-state index in [2.05, 4.69) is 181 Å². The Bertz CT molecular complexity index is 2230. The van der Waals surface area contributed by atoms with Crippen molar-refractivity contribution in [3.63, 3.8) is 0 Å². The molecule has 0 fully saturated rings. The monoisotopic (exact) mass is 579 g/mol. The molecule has 0 atom stereocenters. The summed E-state index contributed by atoms with van der Waals surface area (Å²) < 4.78 is 2.60. The number of hydrogen-bond acceptors (Lipinski definition) is 2. The Hall–Kier alpha value is -5.44. The lowest BCUT2D eigenvalue weighted by Gasteiger charge is -2.29. The lowest BCUT2D eigenvalue weighted by molar-refractivity contribution is 1.30. The van der Waals surface area contributed by atoms with E-state index in [1.165, 1.54) is 59.2 Å². The van der Waals surface area contributed by atoms with Crippen LogP contribution in [0.1, 0.15) is 0 Å². The number of anilines is 3. The number of hydrogen-bond donors (Lipinski definition) is 0. The molecule has 44 heavy (non-hydrogen) atoms. The highest BCUT2D eigenvalue weighted by molar-refractivity contribution is 7.26. The van der Waals surface area contributed by atoms with E-state index >= 15 is 0 Å². The molecule has 0 bridgehead atoms. The topological polar surface area (TPSA) is 3.24 Å². The molecule has 208 valence electrons. The molecular formula is C42H29NS. The smallest absolute Gasteiger partial charge is 0.0555 e. The van der Waals surface area contributed by atoms with Crippen LogP contribution in [-0.4, -0.2) is 0 Å². The summed E-state index contributed by atoms with van der Waals surface area (Å²) in [6.45, 7) is 0. The van der Waals surface area contributed by atoms with Crippen LogP contribution in [0.25, 0.3) is 53.6 Å². The predicted octanol–water partition coefficient (Wildman–Crippen LogP) is 12.5. The van der Waals surface area contributed by atoms with Gasteiger partial charge in [0, 0.05) is 31.4 Å². The molecule has 1 aromatic heterocycles. The van der Waals surface area contributed by atoms with E-state index in [-0.39, 0.29) is 0 Å². The third-order valence-corrected chi connectivity index (χ3v) is 9.44. The first-order chi connectivity index (χ1) is 21.9. The molecule has 0 saturated carbocycles. The summed E-state index contributed by atoms with van der Waals surface area (Å²) >= 11 is 1.86. The van der Waals surface area contributed by atoms with Crippen molar-refractivity contribution in [2.75, 3.05) is 4.90 Å². The van der Waals surface area contributed by atoms with Gasteiger partial charge in [-0.05, 0) is 64.2 Å². The molecule has 1 nitrogen and oxygen atoms in total. The van der Waals surface area contributed by atoms with Crippen LogP contribution in [0.4, 0.5) is 17.1 Å². The first-order valence-electron chi connectivity index (χ1n) is 15.0. The molecule has 8 rings (SSSR count). The van der Waals surface area contributed by atoms with Gasteiger partial charge in [-0.1, -0.05) is 140 Å². The Balaban J connectivity index is 1.39. The quantitative estimate of drug-likeness (QED) is 0.189. The van der Waals surface area contributed by atoms with E-state index in [1.54, 1.807) is 0 Å². The number of fused-ring (bicyclic) bond motifs is 3. The fourth-order valence-electron chi connectivity index (χ4n) is 6.36. The van der Waals surface area contributed by atoms with Crippen LogP contribution in [0.15, 0.2) is 176 Å². The Kier molecular flexibility index (Phi) is 6.75. The van der Waals surface area contributed by atoms with Crippen LogP contribution in [0.3, 0.4) is 0 Å². The van der Waals surface area contributed by atoms with E-state index < -0.39 is 0 Å². The van der Waals surface area contributed by atoms with Crippen molar-refractivity contribution < 1.29 is 0 Å². The zero-order chi connectivity index (χ0) is 29.3. The first-order valence-corrected chi connectivity index (χ1v) is 15.8. The van der Waals surface area contributed by atoms with Crippen molar-refractivity contribution in [1.29, 1.82) is 0 Å². The normalized spacial score (nSPS) is 11.2. The maximum absolute atomic E-state index is 2.44. The number of nitrogens with zero attached hydrogens (tertiary/aromatic N) is 1. The summed E-state index contributed by atoms with van der Waals surface area (Å²) in [6, 6.07) is 63.3. The summed E-state index contributed by atoms with van der Waals surface area (Å²) in [7, 11) is 0. The minimum atomic E-state index is 1.13.